The topological polar surface area (TPSA) is 58.4 Å². The summed E-state index contributed by atoms with van der Waals surface area (Å²) in [6.07, 6.45) is 5.26. The second kappa shape index (κ2) is 7.09. The Morgan fingerprint density at radius 2 is 1.85 bits per heavy atom. The van der Waals surface area contributed by atoms with Gasteiger partial charge in [0.1, 0.15) is 12.4 Å². The maximum Gasteiger partial charge on any atom is 0.242 e. The quantitative estimate of drug-likeness (QED) is 0.851. The van der Waals surface area contributed by atoms with E-state index in [0.29, 0.717) is 6.54 Å². The number of hydrogen-bond donors (Lipinski definition) is 0. The van der Waals surface area contributed by atoms with Gasteiger partial charge in [-0.1, -0.05) is 12.1 Å². The van der Waals surface area contributed by atoms with Crippen LogP contribution in [0.2, 0.25) is 0 Å². The Hall–Kier alpha value is -2.37. The van der Waals surface area contributed by atoms with Crippen molar-refractivity contribution in [3.05, 3.63) is 30.1 Å². The maximum absolute atomic E-state index is 12.9. The van der Waals surface area contributed by atoms with Crippen molar-refractivity contribution in [1.29, 1.82) is 0 Å². The molecule has 2 fully saturated rings. The molecule has 1 aromatic carbocycles. The number of para-hydroxylation sites is 2. The second-order valence-corrected chi connectivity index (χ2v) is 7.36. The molecule has 1 atom stereocenters. The predicted molar refractivity (Wildman–Crippen MR) is 99.5 cm³/mol. The van der Waals surface area contributed by atoms with Gasteiger partial charge in [0, 0.05) is 26.6 Å². The molecule has 0 aliphatic carbocycles. The lowest BCUT2D eigenvalue weighted by Gasteiger charge is -2.28. The zero-order valence-electron chi connectivity index (χ0n) is 15.4. The number of amides is 2. The molecule has 2 amide bonds. The molecule has 0 N–H and O–H groups in total. The van der Waals surface area contributed by atoms with Gasteiger partial charge in [-0.05, 0) is 44.2 Å². The molecular formula is C20H26N4O2. The number of rotatable bonds is 3. The average molecular weight is 354 g/mol. The van der Waals surface area contributed by atoms with Gasteiger partial charge in [0.2, 0.25) is 11.8 Å². The van der Waals surface area contributed by atoms with Crippen molar-refractivity contribution in [3.63, 3.8) is 0 Å². The lowest BCUT2D eigenvalue weighted by molar-refractivity contribution is -0.132. The molecule has 2 aliphatic rings. The Balaban J connectivity index is 1.70. The van der Waals surface area contributed by atoms with Gasteiger partial charge in [0.25, 0.3) is 0 Å². The molecule has 3 heterocycles. The van der Waals surface area contributed by atoms with Gasteiger partial charge in [0.05, 0.1) is 17.1 Å². The van der Waals surface area contributed by atoms with Crippen LogP contribution < -0.4 is 0 Å². The summed E-state index contributed by atoms with van der Waals surface area (Å²) in [7, 11) is 0. The number of aromatic nitrogens is 2. The van der Waals surface area contributed by atoms with Crippen LogP contribution in [0, 0.1) is 0 Å². The second-order valence-electron chi connectivity index (χ2n) is 7.36. The van der Waals surface area contributed by atoms with Crippen LogP contribution in [0.15, 0.2) is 24.3 Å². The standard InChI is InChI=1S/C20H26N4O2/c1-15(25)23-13-7-10-18(23)20-21-16-8-3-4-9-17(16)24(20)14-19(26)22-11-5-2-6-12-22/h3-4,8-9,18H,2,5-7,10-14H2,1H3/t18-/m1/s1. The molecule has 1 aromatic heterocycles. The van der Waals surface area contributed by atoms with Gasteiger partial charge in [-0.3, -0.25) is 9.59 Å². The van der Waals surface area contributed by atoms with Crippen molar-refractivity contribution in [3.8, 4) is 0 Å². The van der Waals surface area contributed by atoms with Gasteiger partial charge >= 0.3 is 0 Å². The minimum Gasteiger partial charge on any atom is -0.341 e. The van der Waals surface area contributed by atoms with Crippen LogP contribution in [0.1, 0.15) is 50.9 Å². The molecule has 0 bridgehead atoms. The van der Waals surface area contributed by atoms with Crippen LogP contribution >= 0.6 is 0 Å². The van der Waals surface area contributed by atoms with E-state index < -0.39 is 0 Å². The van der Waals surface area contributed by atoms with E-state index in [4.69, 9.17) is 4.98 Å². The van der Waals surface area contributed by atoms with Crippen molar-refractivity contribution in [2.45, 2.75) is 51.6 Å². The SMILES string of the molecule is CC(=O)N1CCC[C@@H]1c1nc2ccccc2n1CC(=O)N1CCCCC1. The molecule has 0 spiro atoms. The van der Waals surface area contributed by atoms with Crippen molar-refractivity contribution in [2.75, 3.05) is 19.6 Å². The van der Waals surface area contributed by atoms with Gasteiger partial charge < -0.3 is 14.4 Å². The molecule has 4 rings (SSSR count). The first kappa shape index (κ1) is 17.1. The maximum atomic E-state index is 12.9. The molecule has 0 saturated carbocycles. The van der Waals surface area contributed by atoms with E-state index in [2.05, 4.69) is 0 Å². The minimum absolute atomic E-state index is 0.0333. The monoisotopic (exact) mass is 354 g/mol. The zero-order chi connectivity index (χ0) is 18.1. The number of nitrogens with zero attached hydrogens (tertiary/aromatic N) is 4. The molecular weight excluding hydrogens is 328 g/mol. The summed E-state index contributed by atoms with van der Waals surface area (Å²) >= 11 is 0. The van der Waals surface area contributed by atoms with E-state index in [9.17, 15) is 9.59 Å². The molecule has 138 valence electrons. The number of piperidine rings is 1. The van der Waals surface area contributed by atoms with E-state index in [0.717, 1.165) is 62.2 Å². The summed E-state index contributed by atoms with van der Waals surface area (Å²) in [5.41, 5.74) is 1.87. The van der Waals surface area contributed by atoms with Crippen LogP contribution in [-0.4, -0.2) is 50.8 Å². The molecule has 0 unspecified atom stereocenters. The number of benzene rings is 1. The van der Waals surface area contributed by atoms with Crippen molar-refractivity contribution >= 4 is 22.8 Å². The van der Waals surface area contributed by atoms with Crippen molar-refractivity contribution < 1.29 is 9.59 Å². The van der Waals surface area contributed by atoms with E-state index in [1.54, 1.807) is 6.92 Å². The van der Waals surface area contributed by atoms with Crippen LogP contribution in [-0.2, 0) is 16.1 Å². The Labute approximate surface area is 153 Å². The summed E-state index contributed by atoms with van der Waals surface area (Å²) in [6, 6.07) is 7.91. The van der Waals surface area contributed by atoms with Crippen LogP contribution in [0.3, 0.4) is 0 Å². The third-order valence-electron chi connectivity index (χ3n) is 5.64. The van der Waals surface area contributed by atoms with E-state index in [1.165, 1.54) is 6.42 Å². The first-order valence-corrected chi connectivity index (χ1v) is 9.65. The Morgan fingerprint density at radius 3 is 2.62 bits per heavy atom. The largest absolute Gasteiger partial charge is 0.341 e. The minimum atomic E-state index is -0.0333. The number of carbonyl (C=O) groups excluding carboxylic acids is 2. The molecule has 2 saturated heterocycles. The highest BCUT2D eigenvalue weighted by atomic mass is 16.2. The smallest absolute Gasteiger partial charge is 0.242 e. The van der Waals surface area contributed by atoms with Gasteiger partial charge in [-0.15, -0.1) is 0 Å². The molecule has 6 nitrogen and oxygen atoms in total. The van der Waals surface area contributed by atoms with Crippen LogP contribution in [0.5, 0.6) is 0 Å². The summed E-state index contributed by atoms with van der Waals surface area (Å²) in [6.45, 7) is 4.39. The highest BCUT2D eigenvalue weighted by molar-refractivity contribution is 5.81. The summed E-state index contributed by atoms with van der Waals surface area (Å²) in [5.74, 6) is 1.08. The average Bonchev–Trinajstić information content (AvgIpc) is 3.27. The predicted octanol–water partition coefficient (Wildman–Crippen LogP) is 2.73. The number of carbonyl (C=O) groups is 2. The van der Waals surface area contributed by atoms with Gasteiger partial charge in [-0.2, -0.15) is 0 Å². The van der Waals surface area contributed by atoms with Crippen molar-refractivity contribution in [1.82, 2.24) is 19.4 Å². The molecule has 2 aliphatic heterocycles. The first-order chi connectivity index (χ1) is 12.6. The van der Waals surface area contributed by atoms with E-state index in [1.807, 2.05) is 38.6 Å². The van der Waals surface area contributed by atoms with Crippen molar-refractivity contribution in [2.24, 2.45) is 0 Å². The third kappa shape index (κ3) is 3.08. The molecule has 26 heavy (non-hydrogen) atoms. The Bertz CT molecular complexity index is 822. The number of likely N-dealkylation sites (tertiary alicyclic amines) is 2. The van der Waals surface area contributed by atoms with Crippen LogP contribution in [0.25, 0.3) is 11.0 Å². The number of fused-ring (bicyclic) bond motifs is 1. The number of imidazole rings is 1. The van der Waals surface area contributed by atoms with E-state index >= 15 is 0 Å². The fourth-order valence-corrected chi connectivity index (χ4v) is 4.31. The lowest BCUT2D eigenvalue weighted by Crippen LogP contribution is -2.38. The third-order valence-corrected chi connectivity index (χ3v) is 5.64. The fraction of sp³-hybridized carbons (Fsp3) is 0.550. The first-order valence-electron chi connectivity index (χ1n) is 9.65. The summed E-state index contributed by atoms with van der Waals surface area (Å²) < 4.78 is 2.04. The van der Waals surface area contributed by atoms with Crippen LogP contribution in [0.4, 0.5) is 0 Å². The Kier molecular flexibility index (Phi) is 4.66. The fourth-order valence-electron chi connectivity index (χ4n) is 4.31. The summed E-state index contributed by atoms with van der Waals surface area (Å²) in [4.78, 5) is 33.6. The zero-order valence-corrected chi connectivity index (χ0v) is 15.4. The highest BCUT2D eigenvalue weighted by Gasteiger charge is 2.32. The Morgan fingerprint density at radius 1 is 1.08 bits per heavy atom. The lowest BCUT2D eigenvalue weighted by atomic mass is 10.1. The molecule has 2 aromatic rings. The normalized spacial score (nSPS) is 20.7. The van der Waals surface area contributed by atoms with Gasteiger partial charge in [-0.25, -0.2) is 4.98 Å². The van der Waals surface area contributed by atoms with E-state index in [-0.39, 0.29) is 17.9 Å². The highest BCUT2D eigenvalue weighted by Crippen LogP contribution is 2.33. The number of hydrogen-bond acceptors (Lipinski definition) is 3. The van der Waals surface area contributed by atoms with Gasteiger partial charge in [0.15, 0.2) is 0 Å². The summed E-state index contributed by atoms with van der Waals surface area (Å²) in [5, 5.41) is 0. The molecule has 0 radical (unpaired) electrons. The molecule has 6 heteroatoms.